The summed E-state index contributed by atoms with van der Waals surface area (Å²) in [4.78, 5) is 17.0. The molecule has 0 radical (unpaired) electrons. The quantitative estimate of drug-likeness (QED) is 0.877. The Morgan fingerprint density at radius 3 is 3.05 bits per heavy atom. The standard InChI is InChI=1S/C16H19N3O/c1-11-7-8-12-4-2-6-14(15(12)18-11)16(20)19-13-5-3-9-17-10-13/h2,4,6-8,13,17H,3,5,9-10H2,1H3,(H,19,20)/t13-/m0/s1. The topological polar surface area (TPSA) is 54.0 Å². The maximum atomic E-state index is 12.5. The van der Waals surface area contributed by atoms with Crippen molar-refractivity contribution in [3.63, 3.8) is 0 Å². The number of hydrogen-bond acceptors (Lipinski definition) is 3. The second-order valence-electron chi connectivity index (χ2n) is 5.35. The van der Waals surface area contributed by atoms with Gasteiger partial charge in [-0.15, -0.1) is 0 Å². The van der Waals surface area contributed by atoms with Gasteiger partial charge in [-0.3, -0.25) is 9.78 Å². The van der Waals surface area contributed by atoms with Crippen molar-refractivity contribution < 1.29 is 4.79 Å². The van der Waals surface area contributed by atoms with E-state index in [9.17, 15) is 4.79 Å². The Hall–Kier alpha value is -1.94. The summed E-state index contributed by atoms with van der Waals surface area (Å²) < 4.78 is 0. The highest BCUT2D eigenvalue weighted by molar-refractivity contribution is 6.05. The zero-order valence-electron chi connectivity index (χ0n) is 11.6. The van der Waals surface area contributed by atoms with Gasteiger partial charge in [0, 0.05) is 23.7 Å². The van der Waals surface area contributed by atoms with E-state index >= 15 is 0 Å². The molecule has 4 heteroatoms. The highest BCUT2D eigenvalue weighted by Gasteiger charge is 2.18. The van der Waals surface area contributed by atoms with Crippen LogP contribution < -0.4 is 10.6 Å². The number of aryl methyl sites for hydroxylation is 1. The average molecular weight is 269 g/mol. The molecule has 1 aliphatic heterocycles. The van der Waals surface area contributed by atoms with Gasteiger partial charge in [0.25, 0.3) is 5.91 Å². The number of rotatable bonds is 2. The molecule has 0 spiro atoms. The van der Waals surface area contributed by atoms with Crippen LogP contribution in [0.4, 0.5) is 0 Å². The lowest BCUT2D eigenvalue weighted by atomic mass is 10.1. The van der Waals surface area contributed by atoms with E-state index in [0.717, 1.165) is 42.5 Å². The van der Waals surface area contributed by atoms with Gasteiger partial charge in [0.05, 0.1) is 11.1 Å². The van der Waals surface area contributed by atoms with Crippen LogP contribution >= 0.6 is 0 Å². The minimum atomic E-state index is -0.0256. The SMILES string of the molecule is Cc1ccc2cccc(C(=O)N[C@H]3CCCNC3)c2n1. The van der Waals surface area contributed by atoms with Crippen LogP contribution in [0.5, 0.6) is 0 Å². The van der Waals surface area contributed by atoms with Crippen LogP contribution in [0.25, 0.3) is 10.9 Å². The molecule has 2 aromatic rings. The molecule has 1 aliphatic rings. The first-order chi connectivity index (χ1) is 9.74. The van der Waals surface area contributed by atoms with Crippen LogP contribution in [0, 0.1) is 6.92 Å². The Labute approximate surface area is 118 Å². The van der Waals surface area contributed by atoms with Gasteiger partial charge in [0.15, 0.2) is 0 Å². The zero-order valence-corrected chi connectivity index (χ0v) is 11.6. The maximum absolute atomic E-state index is 12.5. The van der Waals surface area contributed by atoms with Crippen molar-refractivity contribution >= 4 is 16.8 Å². The first-order valence-electron chi connectivity index (χ1n) is 7.12. The van der Waals surface area contributed by atoms with Gasteiger partial charge in [0.1, 0.15) is 0 Å². The molecule has 0 bridgehead atoms. The molecule has 1 atom stereocenters. The van der Waals surface area contributed by atoms with E-state index in [1.54, 1.807) is 0 Å². The van der Waals surface area contributed by atoms with Crippen LogP contribution in [0.2, 0.25) is 0 Å². The van der Waals surface area contributed by atoms with Crippen LogP contribution in [0.3, 0.4) is 0 Å². The summed E-state index contributed by atoms with van der Waals surface area (Å²) >= 11 is 0. The number of fused-ring (bicyclic) bond motifs is 1. The molecular weight excluding hydrogens is 250 g/mol. The molecule has 104 valence electrons. The smallest absolute Gasteiger partial charge is 0.253 e. The van der Waals surface area contributed by atoms with Gasteiger partial charge in [-0.05, 0) is 38.4 Å². The minimum absolute atomic E-state index is 0.0256. The van der Waals surface area contributed by atoms with E-state index in [4.69, 9.17) is 0 Å². The maximum Gasteiger partial charge on any atom is 0.253 e. The van der Waals surface area contributed by atoms with E-state index in [1.807, 2.05) is 37.3 Å². The number of benzene rings is 1. The Morgan fingerprint density at radius 2 is 2.25 bits per heavy atom. The van der Waals surface area contributed by atoms with Crippen molar-refractivity contribution in [2.24, 2.45) is 0 Å². The number of amides is 1. The van der Waals surface area contributed by atoms with Crippen molar-refractivity contribution in [3.05, 3.63) is 41.6 Å². The Morgan fingerprint density at radius 1 is 1.35 bits per heavy atom. The van der Waals surface area contributed by atoms with Gasteiger partial charge in [0.2, 0.25) is 0 Å². The summed E-state index contributed by atoms with van der Waals surface area (Å²) in [5, 5.41) is 7.42. The van der Waals surface area contributed by atoms with Crippen molar-refractivity contribution in [2.45, 2.75) is 25.8 Å². The number of carbonyl (C=O) groups is 1. The molecule has 2 heterocycles. The van der Waals surface area contributed by atoms with E-state index in [2.05, 4.69) is 15.6 Å². The number of carbonyl (C=O) groups excluding carboxylic acids is 1. The van der Waals surface area contributed by atoms with E-state index in [-0.39, 0.29) is 11.9 Å². The monoisotopic (exact) mass is 269 g/mol. The third-order valence-electron chi connectivity index (χ3n) is 3.74. The molecule has 3 rings (SSSR count). The van der Waals surface area contributed by atoms with E-state index < -0.39 is 0 Å². The average Bonchev–Trinajstić information content (AvgIpc) is 2.47. The second kappa shape index (κ2) is 5.59. The molecule has 0 saturated carbocycles. The number of piperidine rings is 1. The lowest BCUT2D eigenvalue weighted by molar-refractivity contribution is 0.0932. The molecule has 4 nitrogen and oxygen atoms in total. The molecule has 1 aromatic carbocycles. The lowest BCUT2D eigenvalue weighted by Crippen LogP contribution is -2.45. The zero-order chi connectivity index (χ0) is 13.9. The summed E-state index contributed by atoms with van der Waals surface area (Å²) in [7, 11) is 0. The summed E-state index contributed by atoms with van der Waals surface area (Å²) in [5.74, 6) is -0.0256. The molecule has 0 aliphatic carbocycles. The fourth-order valence-electron chi connectivity index (χ4n) is 2.67. The van der Waals surface area contributed by atoms with Crippen LogP contribution in [-0.4, -0.2) is 30.0 Å². The Balaban J connectivity index is 1.88. The molecule has 1 saturated heterocycles. The van der Waals surface area contributed by atoms with Crippen molar-refractivity contribution in [2.75, 3.05) is 13.1 Å². The van der Waals surface area contributed by atoms with Crippen molar-refractivity contribution in [3.8, 4) is 0 Å². The van der Waals surface area contributed by atoms with Gasteiger partial charge >= 0.3 is 0 Å². The van der Waals surface area contributed by atoms with E-state index in [0.29, 0.717) is 5.56 Å². The summed E-state index contributed by atoms with van der Waals surface area (Å²) in [6.07, 6.45) is 2.15. The summed E-state index contributed by atoms with van der Waals surface area (Å²) in [5.41, 5.74) is 2.38. The number of para-hydroxylation sites is 1. The number of aromatic nitrogens is 1. The molecule has 20 heavy (non-hydrogen) atoms. The molecule has 1 aromatic heterocycles. The van der Waals surface area contributed by atoms with Crippen molar-refractivity contribution in [1.82, 2.24) is 15.6 Å². The second-order valence-corrected chi connectivity index (χ2v) is 5.35. The van der Waals surface area contributed by atoms with Gasteiger partial charge in [-0.2, -0.15) is 0 Å². The highest BCUT2D eigenvalue weighted by atomic mass is 16.1. The summed E-state index contributed by atoms with van der Waals surface area (Å²) in [6, 6.07) is 9.94. The predicted octanol–water partition coefficient (Wildman–Crippen LogP) is 2.03. The summed E-state index contributed by atoms with van der Waals surface area (Å²) in [6.45, 7) is 3.84. The number of nitrogens with zero attached hydrogens (tertiary/aromatic N) is 1. The third kappa shape index (κ3) is 2.65. The van der Waals surface area contributed by atoms with Crippen LogP contribution in [0.1, 0.15) is 28.9 Å². The highest BCUT2D eigenvalue weighted by Crippen LogP contribution is 2.17. The number of hydrogen-bond donors (Lipinski definition) is 2. The predicted molar refractivity (Wildman–Crippen MR) is 79.8 cm³/mol. The van der Waals surface area contributed by atoms with Crippen LogP contribution in [0.15, 0.2) is 30.3 Å². The number of pyridine rings is 1. The lowest BCUT2D eigenvalue weighted by Gasteiger charge is -2.24. The normalized spacial score (nSPS) is 18.9. The fraction of sp³-hybridized carbons (Fsp3) is 0.375. The first-order valence-corrected chi connectivity index (χ1v) is 7.12. The fourth-order valence-corrected chi connectivity index (χ4v) is 2.67. The molecule has 1 amide bonds. The van der Waals surface area contributed by atoms with Gasteiger partial charge < -0.3 is 10.6 Å². The van der Waals surface area contributed by atoms with E-state index in [1.165, 1.54) is 0 Å². The Bertz CT molecular complexity index is 633. The molecular formula is C16H19N3O. The molecule has 2 N–H and O–H groups in total. The largest absolute Gasteiger partial charge is 0.348 e. The van der Waals surface area contributed by atoms with Gasteiger partial charge in [-0.1, -0.05) is 18.2 Å². The number of nitrogens with one attached hydrogen (secondary N) is 2. The Kier molecular flexibility index (Phi) is 3.65. The minimum Gasteiger partial charge on any atom is -0.348 e. The first kappa shape index (κ1) is 13.1. The molecule has 0 unspecified atom stereocenters. The molecule has 1 fully saturated rings. The van der Waals surface area contributed by atoms with Gasteiger partial charge in [-0.25, -0.2) is 0 Å². The van der Waals surface area contributed by atoms with Crippen molar-refractivity contribution in [1.29, 1.82) is 0 Å². The van der Waals surface area contributed by atoms with Crippen LogP contribution in [-0.2, 0) is 0 Å². The third-order valence-corrected chi connectivity index (χ3v) is 3.74.